The number of hydrogen-bond donors (Lipinski definition) is 6. The number of allylic oxidation sites excluding steroid dienone is 3. The van der Waals surface area contributed by atoms with Crippen molar-refractivity contribution in [3.8, 4) is 0 Å². The lowest BCUT2D eigenvalue weighted by molar-refractivity contribution is -0.302. The second-order valence-corrected chi connectivity index (χ2v) is 21.4. The molecule has 1 aliphatic heterocycles. The van der Waals surface area contributed by atoms with Crippen molar-refractivity contribution in [2.45, 2.75) is 333 Å². The second-order valence-electron chi connectivity index (χ2n) is 21.4. The average Bonchev–Trinajstić information content (AvgIpc) is 3.38. The summed E-state index contributed by atoms with van der Waals surface area (Å²) in [5.41, 5.74) is 0. The average molecular weight is 1020 g/mol. The van der Waals surface area contributed by atoms with Crippen molar-refractivity contribution in [2.75, 3.05) is 19.8 Å². The summed E-state index contributed by atoms with van der Waals surface area (Å²) in [7, 11) is 0. The summed E-state index contributed by atoms with van der Waals surface area (Å²) in [4.78, 5) is 25.0. The third kappa shape index (κ3) is 40.5. The Morgan fingerprint density at radius 1 is 0.500 bits per heavy atom. The zero-order valence-electron chi connectivity index (χ0n) is 46.7. The number of ether oxygens (including phenoxy) is 3. The van der Waals surface area contributed by atoms with Crippen molar-refractivity contribution < 1.29 is 49.3 Å². The van der Waals surface area contributed by atoms with Crippen molar-refractivity contribution in [2.24, 2.45) is 0 Å². The molecular formula is C61H115NO10. The minimum atomic E-state index is -1.57. The SMILES string of the molecule is CCCCC/C=C/CC/C=C/C(O)C(COC1OC(CO)C(O)C(O)C1O)NC(=O)CCCCCCCCCCCCCCCCCCCCCCCCCCOC(=O)CCCCCCCCCCCCC. The van der Waals surface area contributed by atoms with E-state index in [0.717, 1.165) is 57.8 Å². The number of aliphatic hydroxyl groups excluding tert-OH is 5. The molecule has 0 radical (unpaired) electrons. The van der Waals surface area contributed by atoms with Gasteiger partial charge in [0, 0.05) is 12.8 Å². The lowest BCUT2D eigenvalue weighted by Crippen LogP contribution is -2.60. The highest BCUT2D eigenvalue weighted by molar-refractivity contribution is 5.76. The Kier molecular flexibility index (Phi) is 48.5. The first-order valence-corrected chi connectivity index (χ1v) is 30.6. The highest BCUT2D eigenvalue weighted by Gasteiger charge is 2.44. The molecule has 1 saturated heterocycles. The van der Waals surface area contributed by atoms with Crippen LogP contribution in [0.2, 0.25) is 0 Å². The first-order valence-electron chi connectivity index (χ1n) is 30.6. The summed E-state index contributed by atoms with van der Waals surface area (Å²) < 4.78 is 16.7. The van der Waals surface area contributed by atoms with E-state index < -0.39 is 49.5 Å². The predicted molar refractivity (Wildman–Crippen MR) is 297 cm³/mol. The van der Waals surface area contributed by atoms with E-state index in [1.807, 2.05) is 6.08 Å². The van der Waals surface area contributed by atoms with E-state index in [2.05, 4.69) is 31.3 Å². The lowest BCUT2D eigenvalue weighted by atomic mass is 9.99. The van der Waals surface area contributed by atoms with Gasteiger partial charge in [0.1, 0.15) is 24.4 Å². The van der Waals surface area contributed by atoms with Gasteiger partial charge in [0.2, 0.25) is 5.91 Å². The number of amides is 1. The summed E-state index contributed by atoms with van der Waals surface area (Å²) in [6.45, 7) is 4.29. The third-order valence-electron chi connectivity index (χ3n) is 14.6. The van der Waals surface area contributed by atoms with Gasteiger partial charge >= 0.3 is 5.97 Å². The normalized spacial score (nSPS) is 19.1. The second kappa shape index (κ2) is 51.3. The minimum absolute atomic E-state index is 0.00360. The molecule has 11 heteroatoms. The van der Waals surface area contributed by atoms with Gasteiger partial charge in [0.05, 0.1) is 32.0 Å². The molecule has 0 saturated carbocycles. The van der Waals surface area contributed by atoms with Gasteiger partial charge in [-0.15, -0.1) is 0 Å². The fourth-order valence-electron chi connectivity index (χ4n) is 9.69. The van der Waals surface area contributed by atoms with Crippen molar-refractivity contribution in [3.05, 3.63) is 24.3 Å². The van der Waals surface area contributed by atoms with Crippen LogP contribution in [0.5, 0.6) is 0 Å². The first kappa shape index (κ1) is 68.2. The topological polar surface area (TPSA) is 175 Å². The van der Waals surface area contributed by atoms with Crippen LogP contribution in [0, 0.1) is 0 Å². The van der Waals surface area contributed by atoms with Gasteiger partial charge in [-0.05, 0) is 44.9 Å². The van der Waals surface area contributed by atoms with E-state index in [9.17, 15) is 35.1 Å². The van der Waals surface area contributed by atoms with E-state index in [-0.39, 0.29) is 18.5 Å². The molecule has 1 amide bonds. The first-order chi connectivity index (χ1) is 35.2. The number of hydrogen-bond acceptors (Lipinski definition) is 10. The van der Waals surface area contributed by atoms with Gasteiger partial charge in [-0.1, -0.05) is 256 Å². The van der Waals surface area contributed by atoms with E-state index in [1.165, 1.54) is 205 Å². The predicted octanol–water partition coefficient (Wildman–Crippen LogP) is 14.1. The fraction of sp³-hybridized carbons (Fsp3) is 0.902. The Morgan fingerprint density at radius 2 is 0.903 bits per heavy atom. The number of aliphatic hydroxyl groups is 5. The Morgan fingerprint density at radius 3 is 1.38 bits per heavy atom. The van der Waals surface area contributed by atoms with Crippen LogP contribution in [0.1, 0.15) is 290 Å². The van der Waals surface area contributed by atoms with Gasteiger partial charge in [-0.3, -0.25) is 9.59 Å². The molecule has 0 aromatic heterocycles. The molecule has 1 aliphatic rings. The van der Waals surface area contributed by atoms with Crippen LogP contribution in [0.15, 0.2) is 24.3 Å². The molecule has 0 aliphatic carbocycles. The number of carbonyl (C=O) groups excluding carboxylic acids is 2. The quantitative estimate of drug-likeness (QED) is 0.0195. The van der Waals surface area contributed by atoms with Gasteiger partial charge in [-0.2, -0.15) is 0 Å². The molecule has 7 atom stereocenters. The van der Waals surface area contributed by atoms with Crippen LogP contribution in [-0.4, -0.2) is 100 Å². The molecular weight excluding hydrogens is 907 g/mol. The highest BCUT2D eigenvalue weighted by Crippen LogP contribution is 2.23. The van der Waals surface area contributed by atoms with Crippen LogP contribution in [-0.2, 0) is 23.8 Å². The Bertz CT molecular complexity index is 1250. The number of carbonyl (C=O) groups is 2. The standard InChI is InChI=1S/C61H115NO10/c1-3-5-7-9-11-13-28-33-37-41-45-49-57(66)70-50-46-42-38-34-30-27-25-23-21-19-17-15-14-16-18-20-22-24-26-29-32-36-40-44-48-56(65)62-53(54(64)47-43-39-35-31-12-10-8-6-4-2)52-71-61-60(69)59(68)58(67)55(51-63)72-61/h12,31,43,47,53-55,58-61,63-64,67-69H,3-11,13-30,32-42,44-46,48-52H2,1-2H3,(H,62,65)/b31-12+,47-43+. The molecule has 0 aromatic rings. The van der Waals surface area contributed by atoms with Crippen LogP contribution >= 0.6 is 0 Å². The lowest BCUT2D eigenvalue weighted by Gasteiger charge is -2.40. The summed E-state index contributed by atoms with van der Waals surface area (Å²) in [6, 6.07) is -0.824. The number of esters is 1. The Balaban J connectivity index is 1.98. The van der Waals surface area contributed by atoms with Gasteiger partial charge in [0.15, 0.2) is 6.29 Å². The van der Waals surface area contributed by atoms with Crippen LogP contribution < -0.4 is 5.32 Å². The van der Waals surface area contributed by atoms with E-state index in [4.69, 9.17) is 14.2 Å². The van der Waals surface area contributed by atoms with Gasteiger partial charge in [0.25, 0.3) is 0 Å². The maximum Gasteiger partial charge on any atom is 0.305 e. The van der Waals surface area contributed by atoms with Gasteiger partial charge in [-0.25, -0.2) is 0 Å². The zero-order valence-corrected chi connectivity index (χ0v) is 46.7. The molecule has 1 heterocycles. The molecule has 1 rings (SSSR count). The Hall–Kier alpha value is -1.86. The molecule has 0 aromatic carbocycles. The van der Waals surface area contributed by atoms with Crippen LogP contribution in [0.3, 0.4) is 0 Å². The molecule has 424 valence electrons. The maximum atomic E-state index is 13.0. The minimum Gasteiger partial charge on any atom is -0.466 e. The molecule has 1 fully saturated rings. The molecule has 72 heavy (non-hydrogen) atoms. The summed E-state index contributed by atoms with van der Waals surface area (Å²) >= 11 is 0. The molecule has 0 spiro atoms. The van der Waals surface area contributed by atoms with E-state index in [0.29, 0.717) is 19.4 Å². The highest BCUT2D eigenvalue weighted by atomic mass is 16.7. The molecule has 6 N–H and O–H groups in total. The number of unbranched alkanes of at least 4 members (excludes halogenated alkanes) is 37. The van der Waals surface area contributed by atoms with Crippen LogP contribution in [0.25, 0.3) is 0 Å². The summed E-state index contributed by atoms with van der Waals surface area (Å²) in [5.74, 6) is -0.189. The maximum absolute atomic E-state index is 13.0. The number of rotatable bonds is 53. The van der Waals surface area contributed by atoms with Crippen molar-refractivity contribution in [1.82, 2.24) is 5.32 Å². The number of nitrogens with one attached hydrogen (secondary N) is 1. The fourth-order valence-corrected chi connectivity index (χ4v) is 9.69. The smallest absolute Gasteiger partial charge is 0.305 e. The molecule has 7 unspecified atom stereocenters. The van der Waals surface area contributed by atoms with Crippen molar-refractivity contribution in [3.63, 3.8) is 0 Å². The third-order valence-corrected chi connectivity index (χ3v) is 14.6. The monoisotopic (exact) mass is 1020 g/mol. The van der Waals surface area contributed by atoms with Crippen LogP contribution in [0.4, 0.5) is 0 Å². The zero-order chi connectivity index (χ0) is 52.4. The Labute approximate surface area is 441 Å². The summed E-state index contributed by atoms with van der Waals surface area (Å²) in [6.07, 6.45) is 51.6. The van der Waals surface area contributed by atoms with Gasteiger partial charge < -0.3 is 45.1 Å². The van der Waals surface area contributed by atoms with Crippen molar-refractivity contribution in [1.29, 1.82) is 0 Å². The summed E-state index contributed by atoms with van der Waals surface area (Å²) in [5, 5.41) is 54.2. The molecule has 0 bridgehead atoms. The molecule has 11 nitrogen and oxygen atoms in total. The largest absolute Gasteiger partial charge is 0.466 e. The van der Waals surface area contributed by atoms with Crippen molar-refractivity contribution >= 4 is 11.9 Å². The van der Waals surface area contributed by atoms with E-state index >= 15 is 0 Å². The van der Waals surface area contributed by atoms with E-state index in [1.54, 1.807) is 6.08 Å².